The molecule has 1 amide bonds. The minimum atomic E-state index is -0.0211. The molecule has 2 aromatic rings. The molecule has 5 heteroatoms. The molecule has 0 aliphatic carbocycles. The van der Waals surface area contributed by atoms with E-state index in [4.69, 9.17) is 14.2 Å². The molecule has 142 valence electrons. The molecular formula is C22H25NO4. The van der Waals surface area contributed by atoms with Gasteiger partial charge in [0.1, 0.15) is 5.75 Å². The van der Waals surface area contributed by atoms with Gasteiger partial charge in [0, 0.05) is 26.1 Å². The maximum Gasteiger partial charge on any atom is 0.246 e. The van der Waals surface area contributed by atoms with Crippen LogP contribution < -0.4 is 14.2 Å². The van der Waals surface area contributed by atoms with Crippen molar-refractivity contribution in [2.75, 3.05) is 34.4 Å². The molecule has 0 N–H and O–H groups in total. The second kappa shape index (κ2) is 8.62. The molecule has 0 saturated heterocycles. The van der Waals surface area contributed by atoms with E-state index in [9.17, 15) is 4.79 Å². The van der Waals surface area contributed by atoms with Gasteiger partial charge in [0.25, 0.3) is 0 Å². The fourth-order valence-corrected chi connectivity index (χ4v) is 3.05. The predicted octanol–water partition coefficient (Wildman–Crippen LogP) is 3.35. The molecule has 0 bridgehead atoms. The number of likely N-dealkylation sites (N-methyl/N-ethyl adjacent to an activating group) is 1. The fraction of sp³-hybridized carbons (Fsp3) is 0.318. The van der Waals surface area contributed by atoms with E-state index in [1.54, 1.807) is 25.2 Å². The van der Waals surface area contributed by atoms with E-state index in [1.807, 2.05) is 43.5 Å². The first-order valence-electron chi connectivity index (χ1n) is 9.00. The standard InChI is InChI=1S/C22H25NO4/c1-23(12-10-17-5-8-20(25-2)21(15-17)26-3)22(24)9-6-16-4-7-19-18(14-16)11-13-27-19/h4-9,14-15H,10-13H2,1-3H3. The summed E-state index contributed by atoms with van der Waals surface area (Å²) in [5.74, 6) is 2.33. The third-order valence-corrected chi connectivity index (χ3v) is 4.69. The Balaban J connectivity index is 1.56. The zero-order chi connectivity index (χ0) is 19.2. The molecule has 3 rings (SSSR count). The molecule has 0 fully saturated rings. The largest absolute Gasteiger partial charge is 0.493 e. The summed E-state index contributed by atoms with van der Waals surface area (Å²) in [6.45, 7) is 1.36. The number of amides is 1. The Bertz CT molecular complexity index is 844. The van der Waals surface area contributed by atoms with Crippen LogP contribution in [0.3, 0.4) is 0 Å². The van der Waals surface area contributed by atoms with Crippen molar-refractivity contribution < 1.29 is 19.0 Å². The van der Waals surface area contributed by atoms with E-state index < -0.39 is 0 Å². The Kier molecular flexibility index (Phi) is 6.01. The van der Waals surface area contributed by atoms with E-state index >= 15 is 0 Å². The molecule has 0 atom stereocenters. The Labute approximate surface area is 160 Å². The first-order valence-corrected chi connectivity index (χ1v) is 9.00. The van der Waals surface area contributed by atoms with Gasteiger partial charge < -0.3 is 19.1 Å². The van der Waals surface area contributed by atoms with Crippen molar-refractivity contribution in [3.05, 3.63) is 59.2 Å². The lowest BCUT2D eigenvalue weighted by molar-refractivity contribution is -0.124. The van der Waals surface area contributed by atoms with Crippen molar-refractivity contribution in [3.63, 3.8) is 0 Å². The number of hydrogen-bond donors (Lipinski definition) is 0. The summed E-state index contributed by atoms with van der Waals surface area (Å²) >= 11 is 0. The number of carbonyl (C=O) groups excluding carboxylic acids is 1. The van der Waals surface area contributed by atoms with Gasteiger partial charge in [-0.2, -0.15) is 0 Å². The third kappa shape index (κ3) is 4.61. The van der Waals surface area contributed by atoms with Crippen LogP contribution in [0.25, 0.3) is 6.08 Å². The number of rotatable bonds is 7. The summed E-state index contributed by atoms with van der Waals surface area (Å²) in [5, 5.41) is 0. The van der Waals surface area contributed by atoms with Crippen molar-refractivity contribution in [2.24, 2.45) is 0 Å². The van der Waals surface area contributed by atoms with Gasteiger partial charge in [-0.05, 0) is 53.5 Å². The SMILES string of the molecule is COc1ccc(CCN(C)C(=O)C=Cc2ccc3c(c2)CCO3)cc1OC. The van der Waals surface area contributed by atoms with Crippen molar-refractivity contribution in [2.45, 2.75) is 12.8 Å². The van der Waals surface area contributed by atoms with Crippen LogP contribution in [-0.4, -0.2) is 45.2 Å². The van der Waals surface area contributed by atoms with E-state index in [0.717, 1.165) is 36.3 Å². The number of fused-ring (bicyclic) bond motifs is 1. The van der Waals surface area contributed by atoms with E-state index in [0.29, 0.717) is 18.0 Å². The summed E-state index contributed by atoms with van der Waals surface area (Å²) < 4.78 is 16.1. The van der Waals surface area contributed by atoms with Crippen molar-refractivity contribution in [3.8, 4) is 17.2 Å². The molecule has 0 aromatic heterocycles. The van der Waals surface area contributed by atoms with Crippen LogP contribution in [-0.2, 0) is 17.6 Å². The lowest BCUT2D eigenvalue weighted by Crippen LogP contribution is -2.27. The van der Waals surface area contributed by atoms with Gasteiger partial charge in [-0.15, -0.1) is 0 Å². The van der Waals surface area contributed by atoms with Crippen molar-refractivity contribution >= 4 is 12.0 Å². The highest BCUT2D eigenvalue weighted by molar-refractivity contribution is 5.91. The molecule has 0 radical (unpaired) electrons. The molecule has 1 aliphatic rings. The molecule has 0 saturated carbocycles. The number of ether oxygens (including phenoxy) is 3. The molecule has 27 heavy (non-hydrogen) atoms. The Morgan fingerprint density at radius 2 is 1.96 bits per heavy atom. The lowest BCUT2D eigenvalue weighted by Gasteiger charge is -2.16. The average Bonchev–Trinajstić information content (AvgIpc) is 3.17. The maximum atomic E-state index is 12.4. The molecule has 1 aliphatic heterocycles. The first-order chi connectivity index (χ1) is 13.1. The summed E-state index contributed by atoms with van der Waals surface area (Å²) in [6.07, 6.45) is 5.14. The van der Waals surface area contributed by atoms with Crippen molar-refractivity contribution in [1.29, 1.82) is 0 Å². The summed E-state index contributed by atoms with van der Waals surface area (Å²) in [5.41, 5.74) is 3.31. The molecule has 5 nitrogen and oxygen atoms in total. The third-order valence-electron chi connectivity index (χ3n) is 4.69. The Morgan fingerprint density at radius 1 is 1.15 bits per heavy atom. The van der Waals surface area contributed by atoms with Gasteiger partial charge in [-0.3, -0.25) is 4.79 Å². The number of nitrogens with zero attached hydrogens (tertiary/aromatic N) is 1. The van der Waals surface area contributed by atoms with Gasteiger partial charge >= 0.3 is 0 Å². The molecule has 0 spiro atoms. The normalized spacial score (nSPS) is 12.6. The van der Waals surface area contributed by atoms with E-state index in [2.05, 4.69) is 6.07 Å². The zero-order valence-corrected chi connectivity index (χ0v) is 16.0. The predicted molar refractivity (Wildman–Crippen MR) is 106 cm³/mol. The summed E-state index contributed by atoms with van der Waals surface area (Å²) in [6, 6.07) is 11.8. The number of methoxy groups -OCH3 is 2. The van der Waals surface area contributed by atoms with E-state index in [1.165, 1.54) is 5.56 Å². The van der Waals surface area contributed by atoms with Crippen LogP contribution in [0.15, 0.2) is 42.5 Å². The van der Waals surface area contributed by atoms with Gasteiger partial charge in [0.05, 0.1) is 20.8 Å². The highest BCUT2D eigenvalue weighted by atomic mass is 16.5. The van der Waals surface area contributed by atoms with Crippen molar-refractivity contribution in [1.82, 2.24) is 4.90 Å². The monoisotopic (exact) mass is 367 g/mol. The number of hydrogen-bond acceptors (Lipinski definition) is 4. The molecule has 0 unspecified atom stereocenters. The second-order valence-electron chi connectivity index (χ2n) is 6.50. The van der Waals surface area contributed by atoms with Crippen LogP contribution in [0, 0.1) is 0 Å². The quantitative estimate of drug-likeness (QED) is 0.704. The van der Waals surface area contributed by atoms with Crippen LogP contribution in [0.4, 0.5) is 0 Å². The topological polar surface area (TPSA) is 48.0 Å². The summed E-state index contributed by atoms with van der Waals surface area (Å²) in [7, 11) is 5.04. The first kappa shape index (κ1) is 18.8. The Hall–Kier alpha value is -2.95. The lowest BCUT2D eigenvalue weighted by atomic mass is 10.1. The highest BCUT2D eigenvalue weighted by Crippen LogP contribution is 2.28. The minimum absolute atomic E-state index is 0.0211. The minimum Gasteiger partial charge on any atom is -0.493 e. The van der Waals surface area contributed by atoms with E-state index in [-0.39, 0.29) is 5.91 Å². The van der Waals surface area contributed by atoms with Crippen LogP contribution in [0.1, 0.15) is 16.7 Å². The number of carbonyl (C=O) groups is 1. The summed E-state index contributed by atoms with van der Waals surface area (Å²) in [4.78, 5) is 14.1. The van der Waals surface area contributed by atoms with Crippen LogP contribution in [0.2, 0.25) is 0 Å². The highest BCUT2D eigenvalue weighted by Gasteiger charge is 2.12. The van der Waals surface area contributed by atoms with Gasteiger partial charge in [-0.25, -0.2) is 0 Å². The van der Waals surface area contributed by atoms with Crippen LogP contribution >= 0.6 is 0 Å². The maximum absolute atomic E-state index is 12.4. The Morgan fingerprint density at radius 3 is 2.74 bits per heavy atom. The average molecular weight is 367 g/mol. The second-order valence-corrected chi connectivity index (χ2v) is 6.50. The fourth-order valence-electron chi connectivity index (χ4n) is 3.05. The number of benzene rings is 2. The molecular weight excluding hydrogens is 342 g/mol. The molecule has 1 heterocycles. The zero-order valence-electron chi connectivity index (χ0n) is 16.0. The van der Waals surface area contributed by atoms with Gasteiger partial charge in [0.2, 0.25) is 5.91 Å². The van der Waals surface area contributed by atoms with Crippen LogP contribution in [0.5, 0.6) is 17.2 Å². The smallest absolute Gasteiger partial charge is 0.246 e. The molecule has 2 aromatic carbocycles. The van der Waals surface area contributed by atoms with Gasteiger partial charge in [0.15, 0.2) is 11.5 Å². The van der Waals surface area contributed by atoms with Gasteiger partial charge in [-0.1, -0.05) is 12.1 Å².